The van der Waals surface area contributed by atoms with Crippen molar-refractivity contribution in [2.45, 2.75) is 13.3 Å². The predicted octanol–water partition coefficient (Wildman–Crippen LogP) is -0.370. The highest BCUT2D eigenvalue weighted by atomic mass is 16.5. The Morgan fingerprint density at radius 3 is 2.60 bits per heavy atom. The molecule has 0 heterocycles. The monoisotopic (exact) mass is 219 g/mol. The first kappa shape index (κ1) is 13.9. The van der Waals surface area contributed by atoms with E-state index in [1.54, 1.807) is 0 Å². The van der Waals surface area contributed by atoms with E-state index in [1.165, 1.54) is 0 Å². The highest BCUT2D eigenvalue weighted by Crippen LogP contribution is 1.81. The van der Waals surface area contributed by atoms with E-state index in [2.05, 4.69) is 10.1 Å². The Morgan fingerprint density at radius 1 is 1.27 bits per heavy atom. The van der Waals surface area contributed by atoms with E-state index >= 15 is 0 Å². The van der Waals surface area contributed by atoms with Gasteiger partial charge in [0.05, 0.1) is 0 Å². The summed E-state index contributed by atoms with van der Waals surface area (Å²) in [6.45, 7) is 3.00. The molecule has 0 aliphatic carbocycles. The van der Waals surface area contributed by atoms with E-state index in [9.17, 15) is 9.59 Å². The molecule has 0 rings (SSSR count). The number of ether oxygens (including phenoxy) is 2. The van der Waals surface area contributed by atoms with Crippen LogP contribution in [0.15, 0.2) is 0 Å². The first-order valence-electron chi connectivity index (χ1n) is 4.80. The van der Waals surface area contributed by atoms with Crippen molar-refractivity contribution in [1.29, 1.82) is 0 Å². The number of carbonyl (C=O) groups is 2. The Hall–Kier alpha value is -1.14. The summed E-state index contributed by atoms with van der Waals surface area (Å²) in [6.07, 6.45) is 0.735. The van der Waals surface area contributed by atoms with E-state index in [0.29, 0.717) is 19.8 Å². The molecular weight excluding hydrogens is 202 g/mol. The lowest BCUT2D eigenvalue weighted by Gasteiger charge is -2.04. The number of carboxylic acid groups (broad SMARTS) is 1. The summed E-state index contributed by atoms with van der Waals surface area (Å²) in [5.74, 6) is -1.40. The standard InChI is InChI=1S/C9H17NO5/c1-2-14-5-3-4-10-8(11)6-15-7-9(12)13/h2-7H2,1H3,(H,10,11)(H,12,13). The van der Waals surface area contributed by atoms with Gasteiger partial charge in [-0.3, -0.25) is 4.79 Å². The summed E-state index contributed by atoms with van der Waals surface area (Å²) in [5.41, 5.74) is 0. The fourth-order valence-corrected chi connectivity index (χ4v) is 0.828. The van der Waals surface area contributed by atoms with Gasteiger partial charge in [0.2, 0.25) is 5.91 Å². The van der Waals surface area contributed by atoms with Crippen molar-refractivity contribution in [2.24, 2.45) is 0 Å². The van der Waals surface area contributed by atoms with Crippen molar-refractivity contribution >= 4 is 11.9 Å². The zero-order valence-corrected chi connectivity index (χ0v) is 8.82. The van der Waals surface area contributed by atoms with E-state index in [-0.39, 0.29) is 12.5 Å². The Morgan fingerprint density at radius 2 is 2.00 bits per heavy atom. The summed E-state index contributed by atoms with van der Waals surface area (Å²) in [7, 11) is 0. The van der Waals surface area contributed by atoms with Gasteiger partial charge in [0.15, 0.2) is 0 Å². The minimum absolute atomic E-state index is 0.221. The number of hydrogen-bond acceptors (Lipinski definition) is 4. The topological polar surface area (TPSA) is 84.9 Å². The molecule has 0 saturated heterocycles. The molecule has 0 aromatic heterocycles. The molecule has 0 bridgehead atoms. The van der Waals surface area contributed by atoms with Crippen molar-refractivity contribution < 1.29 is 24.2 Å². The van der Waals surface area contributed by atoms with Crippen molar-refractivity contribution in [2.75, 3.05) is 33.0 Å². The maximum atomic E-state index is 11.0. The number of nitrogens with one attached hydrogen (secondary N) is 1. The molecule has 2 N–H and O–H groups in total. The fourth-order valence-electron chi connectivity index (χ4n) is 0.828. The van der Waals surface area contributed by atoms with Crippen LogP contribution in [0.2, 0.25) is 0 Å². The number of aliphatic carboxylic acids is 1. The molecule has 15 heavy (non-hydrogen) atoms. The number of carboxylic acids is 1. The normalized spacial score (nSPS) is 9.93. The smallest absolute Gasteiger partial charge is 0.329 e. The summed E-state index contributed by atoms with van der Waals surface area (Å²) in [5, 5.41) is 10.8. The first-order valence-corrected chi connectivity index (χ1v) is 4.80. The summed E-state index contributed by atoms with van der Waals surface area (Å²) < 4.78 is 9.66. The number of rotatable bonds is 9. The molecule has 0 saturated carbocycles. The van der Waals surface area contributed by atoms with Gasteiger partial charge in [-0.15, -0.1) is 0 Å². The third kappa shape index (κ3) is 10.8. The van der Waals surface area contributed by atoms with Crippen LogP contribution >= 0.6 is 0 Å². The second-order valence-electron chi connectivity index (χ2n) is 2.79. The highest BCUT2D eigenvalue weighted by Gasteiger charge is 2.02. The van der Waals surface area contributed by atoms with Gasteiger partial charge in [0.1, 0.15) is 13.2 Å². The minimum atomic E-state index is -1.08. The van der Waals surface area contributed by atoms with Crippen LogP contribution in [-0.4, -0.2) is 50.0 Å². The lowest BCUT2D eigenvalue weighted by Crippen LogP contribution is -2.29. The lowest BCUT2D eigenvalue weighted by atomic mass is 10.4. The predicted molar refractivity (Wildman–Crippen MR) is 52.6 cm³/mol. The number of amides is 1. The van der Waals surface area contributed by atoms with Gasteiger partial charge < -0.3 is 19.9 Å². The molecular formula is C9H17NO5. The SMILES string of the molecule is CCOCCCNC(=O)COCC(=O)O. The van der Waals surface area contributed by atoms with Crippen molar-refractivity contribution in [1.82, 2.24) is 5.32 Å². The zero-order valence-electron chi connectivity index (χ0n) is 8.82. The van der Waals surface area contributed by atoms with Crippen LogP contribution in [0.5, 0.6) is 0 Å². The average molecular weight is 219 g/mol. The van der Waals surface area contributed by atoms with E-state index in [4.69, 9.17) is 9.84 Å². The van der Waals surface area contributed by atoms with Crippen LogP contribution in [0, 0.1) is 0 Å². The molecule has 1 amide bonds. The highest BCUT2D eigenvalue weighted by molar-refractivity contribution is 5.77. The van der Waals surface area contributed by atoms with Gasteiger partial charge in [-0.05, 0) is 13.3 Å². The van der Waals surface area contributed by atoms with Gasteiger partial charge >= 0.3 is 5.97 Å². The molecule has 0 aromatic carbocycles. The number of hydrogen-bond donors (Lipinski definition) is 2. The maximum absolute atomic E-state index is 11.0. The minimum Gasteiger partial charge on any atom is -0.480 e. The summed E-state index contributed by atoms with van der Waals surface area (Å²) in [4.78, 5) is 21.0. The van der Waals surface area contributed by atoms with E-state index < -0.39 is 12.6 Å². The van der Waals surface area contributed by atoms with E-state index in [1.807, 2.05) is 6.92 Å². The second-order valence-corrected chi connectivity index (χ2v) is 2.79. The van der Waals surface area contributed by atoms with Crippen molar-refractivity contribution in [3.05, 3.63) is 0 Å². The molecule has 6 heteroatoms. The first-order chi connectivity index (χ1) is 7.16. The van der Waals surface area contributed by atoms with E-state index in [0.717, 1.165) is 6.42 Å². The largest absolute Gasteiger partial charge is 0.480 e. The average Bonchev–Trinajstić information content (AvgIpc) is 2.17. The van der Waals surface area contributed by atoms with Gasteiger partial charge in [-0.25, -0.2) is 4.79 Å². The summed E-state index contributed by atoms with van der Waals surface area (Å²) >= 11 is 0. The lowest BCUT2D eigenvalue weighted by molar-refractivity contribution is -0.143. The van der Waals surface area contributed by atoms with Crippen LogP contribution in [0.4, 0.5) is 0 Å². The molecule has 88 valence electrons. The van der Waals surface area contributed by atoms with Gasteiger partial charge in [-0.2, -0.15) is 0 Å². The Balaban J connectivity index is 3.22. The van der Waals surface area contributed by atoms with Crippen molar-refractivity contribution in [3.63, 3.8) is 0 Å². The zero-order chi connectivity index (χ0) is 11.5. The second kappa shape index (κ2) is 9.42. The molecule has 0 unspecified atom stereocenters. The third-order valence-electron chi connectivity index (χ3n) is 1.45. The molecule has 0 aromatic rings. The van der Waals surface area contributed by atoms with Crippen LogP contribution in [0.1, 0.15) is 13.3 Å². The van der Waals surface area contributed by atoms with Crippen LogP contribution in [0.25, 0.3) is 0 Å². The van der Waals surface area contributed by atoms with Gasteiger partial charge in [0.25, 0.3) is 0 Å². The molecule has 0 aliphatic rings. The Bertz CT molecular complexity index is 195. The molecule has 6 nitrogen and oxygen atoms in total. The Labute approximate surface area is 88.6 Å². The third-order valence-corrected chi connectivity index (χ3v) is 1.45. The molecule has 0 fully saturated rings. The van der Waals surface area contributed by atoms with Gasteiger partial charge in [0, 0.05) is 19.8 Å². The van der Waals surface area contributed by atoms with Crippen LogP contribution in [-0.2, 0) is 19.1 Å². The quantitative estimate of drug-likeness (QED) is 0.517. The van der Waals surface area contributed by atoms with Crippen LogP contribution < -0.4 is 5.32 Å². The van der Waals surface area contributed by atoms with Crippen molar-refractivity contribution in [3.8, 4) is 0 Å². The molecule has 0 spiro atoms. The van der Waals surface area contributed by atoms with Crippen LogP contribution in [0.3, 0.4) is 0 Å². The summed E-state index contributed by atoms with van der Waals surface area (Å²) in [6, 6.07) is 0. The molecule has 0 radical (unpaired) electrons. The number of carbonyl (C=O) groups excluding carboxylic acids is 1. The molecule has 0 aliphatic heterocycles. The van der Waals surface area contributed by atoms with Gasteiger partial charge in [-0.1, -0.05) is 0 Å². The Kier molecular flexibility index (Phi) is 8.70. The fraction of sp³-hybridized carbons (Fsp3) is 0.778. The maximum Gasteiger partial charge on any atom is 0.329 e. The molecule has 0 atom stereocenters.